The zero-order valence-corrected chi connectivity index (χ0v) is 34.7. The number of benzene rings is 5. The number of amides is 2. The van der Waals surface area contributed by atoms with E-state index < -0.39 is 41.8 Å². The summed E-state index contributed by atoms with van der Waals surface area (Å²) in [5, 5.41) is 13.9. The van der Waals surface area contributed by atoms with Crippen LogP contribution in [0.2, 0.25) is 10.0 Å². The molecule has 2 aliphatic rings. The molecule has 61 heavy (non-hydrogen) atoms. The predicted octanol–water partition coefficient (Wildman–Crippen LogP) is 9.28. The SMILES string of the molecule is Cc1nccc(-c2ccc(CC(NC(=O)C3Cc4cc5c(cc4CN3C(=O)c3cccc(F)c3)OC(c3ccc(OCc4ccc(Cl)c(Cl)c4)cc3)CO5)C(=O)O)cc2)c1C. The Kier molecular flexibility index (Phi) is 12.0. The quantitative estimate of drug-likeness (QED) is 0.132. The number of carboxylic acids is 1. The van der Waals surface area contributed by atoms with Gasteiger partial charge in [-0.25, -0.2) is 9.18 Å². The van der Waals surface area contributed by atoms with Crippen LogP contribution in [0.5, 0.6) is 17.2 Å². The zero-order chi connectivity index (χ0) is 42.8. The van der Waals surface area contributed by atoms with Crippen molar-refractivity contribution in [2.45, 2.75) is 58.0 Å². The molecule has 5 aromatic carbocycles. The van der Waals surface area contributed by atoms with Crippen molar-refractivity contribution in [1.82, 2.24) is 15.2 Å². The second-order valence-corrected chi connectivity index (χ2v) is 15.9. The first kappa shape index (κ1) is 41.3. The van der Waals surface area contributed by atoms with Gasteiger partial charge in [0.25, 0.3) is 5.91 Å². The standard InChI is InChI=1S/C48H40Cl2FN3O7/c1-27-28(2)52-17-16-38(27)31-9-6-29(7-10-31)19-41(48(57)58)53-46(55)42-21-34-22-43-44(23-35(34)24-54(42)47(56)33-4-3-5-36(51)20-33)61-45(26-60-43)32-11-13-37(14-12-32)59-25-30-8-15-39(49)40(50)18-30/h3-18,20,22-23,41-42,45H,19,21,24-26H2,1-2H3,(H,53,55)(H,57,58). The van der Waals surface area contributed by atoms with E-state index in [0.717, 1.165) is 45.1 Å². The van der Waals surface area contributed by atoms with Gasteiger partial charge in [0.05, 0.1) is 10.0 Å². The summed E-state index contributed by atoms with van der Waals surface area (Å²) >= 11 is 12.2. The smallest absolute Gasteiger partial charge is 0.326 e. The Morgan fingerprint density at radius 2 is 1.66 bits per heavy atom. The highest BCUT2D eigenvalue weighted by Gasteiger charge is 2.38. The molecule has 0 saturated heterocycles. The number of nitrogens with zero attached hydrogens (tertiary/aromatic N) is 2. The van der Waals surface area contributed by atoms with Crippen LogP contribution in [0.1, 0.15) is 55.5 Å². The van der Waals surface area contributed by atoms with E-state index in [0.29, 0.717) is 45.0 Å². The highest BCUT2D eigenvalue weighted by molar-refractivity contribution is 6.42. The van der Waals surface area contributed by atoms with Gasteiger partial charge < -0.3 is 29.5 Å². The Bertz CT molecular complexity index is 2640. The van der Waals surface area contributed by atoms with E-state index in [-0.39, 0.29) is 31.6 Å². The molecule has 0 bridgehead atoms. The molecule has 3 unspecified atom stereocenters. The third-order valence-electron chi connectivity index (χ3n) is 11.1. The monoisotopic (exact) mass is 859 g/mol. The van der Waals surface area contributed by atoms with Crippen LogP contribution in [-0.4, -0.2) is 51.5 Å². The van der Waals surface area contributed by atoms with Gasteiger partial charge in [-0.05, 0) is 119 Å². The van der Waals surface area contributed by atoms with Crippen molar-refractivity contribution in [3.63, 3.8) is 0 Å². The minimum atomic E-state index is -1.30. The van der Waals surface area contributed by atoms with E-state index in [1.54, 1.807) is 30.5 Å². The van der Waals surface area contributed by atoms with Gasteiger partial charge in [0.1, 0.15) is 36.9 Å². The van der Waals surface area contributed by atoms with Gasteiger partial charge in [-0.2, -0.15) is 0 Å². The number of fused-ring (bicyclic) bond motifs is 2. The number of aryl methyl sites for hydroxylation is 1. The highest BCUT2D eigenvalue weighted by atomic mass is 35.5. The van der Waals surface area contributed by atoms with E-state index in [9.17, 15) is 23.9 Å². The molecule has 13 heteroatoms. The molecule has 0 saturated carbocycles. The molecule has 2 aliphatic heterocycles. The summed E-state index contributed by atoms with van der Waals surface area (Å²) in [4.78, 5) is 46.5. The van der Waals surface area contributed by atoms with Crippen molar-refractivity contribution >= 4 is 41.0 Å². The Balaban J connectivity index is 0.991. The fourth-order valence-corrected chi connectivity index (χ4v) is 7.92. The van der Waals surface area contributed by atoms with Crippen LogP contribution < -0.4 is 19.5 Å². The van der Waals surface area contributed by atoms with E-state index in [2.05, 4.69) is 10.3 Å². The van der Waals surface area contributed by atoms with E-state index in [1.807, 2.05) is 74.5 Å². The lowest BCUT2D eigenvalue weighted by atomic mass is 9.91. The van der Waals surface area contributed by atoms with E-state index in [4.69, 9.17) is 37.4 Å². The Morgan fingerprint density at radius 1 is 0.902 bits per heavy atom. The third-order valence-corrected chi connectivity index (χ3v) is 11.8. The molecule has 310 valence electrons. The first-order valence-corrected chi connectivity index (χ1v) is 20.4. The van der Waals surface area contributed by atoms with Crippen molar-refractivity contribution in [2.24, 2.45) is 0 Å². The molecule has 6 aromatic rings. The number of rotatable bonds is 11. The minimum Gasteiger partial charge on any atom is -0.489 e. The average molecular weight is 861 g/mol. The second kappa shape index (κ2) is 17.7. The molecule has 0 aliphatic carbocycles. The van der Waals surface area contributed by atoms with Crippen LogP contribution in [-0.2, 0) is 35.6 Å². The number of halogens is 3. The van der Waals surface area contributed by atoms with Crippen LogP contribution in [0.15, 0.2) is 115 Å². The maximum absolute atomic E-state index is 14.4. The molecule has 1 aromatic heterocycles. The van der Waals surface area contributed by atoms with Gasteiger partial charge >= 0.3 is 5.97 Å². The number of nitrogens with one attached hydrogen (secondary N) is 1. The molecule has 8 rings (SSSR count). The fraction of sp³-hybridized carbons (Fsp3) is 0.208. The maximum Gasteiger partial charge on any atom is 0.326 e. The van der Waals surface area contributed by atoms with Gasteiger partial charge in [0.15, 0.2) is 17.6 Å². The molecule has 10 nitrogen and oxygen atoms in total. The summed E-state index contributed by atoms with van der Waals surface area (Å²) in [6.07, 6.45) is 1.36. The molecule has 2 N–H and O–H groups in total. The van der Waals surface area contributed by atoms with Gasteiger partial charge in [0, 0.05) is 36.8 Å². The Hall–Kier alpha value is -6.43. The lowest BCUT2D eigenvalue weighted by Gasteiger charge is -2.37. The van der Waals surface area contributed by atoms with Crippen molar-refractivity contribution in [3.05, 3.63) is 176 Å². The maximum atomic E-state index is 14.4. The predicted molar refractivity (Wildman–Crippen MR) is 229 cm³/mol. The molecule has 0 fully saturated rings. The van der Waals surface area contributed by atoms with Gasteiger partial charge in [-0.1, -0.05) is 71.7 Å². The van der Waals surface area contributed by atoms with Gasteiger partial charge in [0.2, 0.25) is 5.91 Å². The Labute approximate surface area is 361 Å². The van der Waals surface area contributed by atoms with E-state index in [1.165, 1.54) is 23.1 Å². The summed E-state index contributed by atoms with van der Waals surface area (Å²) in [5.74, 6) is -1.47. The molecule has 0 radical (unpaired) electrons. The summed E-state index contributed by atoms with van der Waals surface area (Å²) in [6, 6.07) is 28.7. The lowest BCUT2D eigenvalue weighted by Crippen LogP contribution is -2.56. The number of ether oxygens (including phenoxy) is 3. The minimum absolute atomic E-state index is 0.00515. The topological polar surface area (TPSA) is 127 Å². The van der Waals surface area contributed by atoms with E-state index >= 15 is 0 Å². The van der Waals surface area contributed by atoms with Gasteiger partial charge in [-0.15, -0.1) is 0 Å². The first-order chi connectivity index (χ1) is 29.4. The summed E-state index contributed by atoms with van der Waals surface area (Å²) in [7, 11) is 0. The third kappa shape index (κ3) is 9.18. The molecular weight excluding hydrogens is 820 g/mol. The Morgan fingerprint density at radius 3 is 2.39 bits per heavy atom. The van der Waals surface area contributed by atoms with Crippen molar-refractivity contribution in [1.29, 1.82) is 0 Å². The number of carbonyl (C=O) groups excluding carboxylic acids is 2. The molecule has 3 heterocycles. The van der Waals surface area contributed by atoms with Crippen molar-refractivity contribution in [2.75, 3.05) is 6.61 Å². The fourth-order valence-electron chi connectivity index (χ4n) is 7.60. The number of aliphatic carboxylic acids is 1. The van der Waals surface area contributed by atoms with Crippen LogP contribution in [0, 0.1) is 19.7 Å². The summed E-state index contributed by atoms with van der Waals surface area (Å²) in [6.45, 7) is 4.44. The highest BCUT2D eigenvalue weighted by Crippen LogP contribution is 2.41. The van der Waals surface area contributed by atoms with Crippen LogP contribution >= 0.6 is 23.2 Å². The van der Waals surface area contributed by atoms with Crippen molar-refractivity contribution in [3.8, 4) is 28.4 Å². The first-order valence-electron chi connectivity index (χ1n) is 19.6. The number of pyridine rings is 1. The number of carbonyl (C=O) groups is 3. The summed E-state index contributed by atoms with van der Waals surface area (Å²) < 4.78 is 32.9. The average Bonchev–Trinajstić information content (AvgIpc) is 3.26. The molecule has 2 amide bonds. The lowest BCUT2D eigenvalue weighted by molar-refractivity contribution is -0.142. The van der Waals surface area contributed by atoms with Crippen LogP contribution in [0.4, 0.5) is 4.39 Å². The van der Waals surface area contributed by atoms with Crippen LogP contribution in [0.25, 0.3) is 11.1 Å². The number of hydrogen-bond donors (Lipinski definition) is 2. The zero-order valence-electron chi connectivity index (χ0n) is 33.2. The molecular formula is C48H40Cl2FN3O7. The number of aromatic nitrogens is 1. The molecule has 0 spiro atoms. The van der Waals surface area contributed by atoms with Crippen LogP contribution in [0.3, 0.4) is 0 Å². The van der Waals surface area contributed by atoms with Crippen molar-refractivity contribution < 1.29 is 38.1 Å². The largest absolute Gasteiger partial charge is 0.489 e. The second-order valence-electron chi connectivity index (χ2n) is 15.1. The number of carboxylic acid groups (broad SMARTS) is 1. The normalized spacial score (nSPS) is 16.0. The molecule has 3 atom stereocenters. The summed E-state index contributed by atoms with van der Waals surface area (Å²) in [5.41, 5.74) is 7.87. The number of hydrogen-bond acceptors (Lipinski definition) is 7. The van der Waals surface area contributed by atoms with Gasteiger partial charge in [-0.3, -0.25) is 14.6 Å².